The van der Waals surface area contributed by atoms with Gasteiger partial charge < -0.3 is 10.5 Å². The Morgan fingerprint density at radius 3 is 2.33 bits per heavy atom. The predicted molar refractivity (Wildman–Crippen MR) is 87.6 cm³/mol. The quantitative estimate of drug-likeness (QED) is 0.580. The van der Waals surface area contributed by atoms with E-state index >= 15 is 0 Å². The van der Waals surface area contributed by atoms with Crippen LogP contribution in [0.5, 0.6) is 11.5 Å². The van der Waals surface area contributed by atoms with Crippen molar-refractivity contribution < 1.29 is 9.66 Å². The van der Waals surface area contributed by atoms with E-state index in [0.717, 1.165) is 11.1 Å². The first-order valence-electron chi connectivity index (χ1n) is 6.03. The van der Waals surface area contributed by atoms with Gasteiger partial charge in [0, 0.05) is 18.7 Å². The first kappa shape index (κ1) is 15.9. The number of nitro groups is 1. The van der Waals surface area contributed by atoms with Crippen molar-refractivity contribution in [1.82, 2.24) is 0 Å². The fourth-order valence-corrected chi connectivity index (χ4v) is 3.15. The zero-order valence-electron chi connectivity index (χ0n) is 11.1. The van der Waals surface area contributed by atoms with Crippen LogP contribution in [-0.2, 0) is 6.54 Å². The highest BCUT2D eigenvalue weighted by Crippen LogP contribution is 2.40. The van der Waals surface area contributed by atoms with E-state index in [-0.39, 0.29) is 5.69 Å². The molecule has 2 rings (SSSR count). The molecule has 0 fully saturated rings. The van der Waals surface area contributed by atoms with Crippen LogP contribution in [0.2, 0.25) is 0 Å². The molecule has 0 aliphatic carbocycles. The zero-order chi connectivity index (χ0) is 15.6. The number of hydrogen-bond acceptors (Lipinski definition) is 4. The molecule has 110 valence electrons. The second-order valence-electron chi connectivity index (χ2n) is 4.39. The van der Waals surface area contributed by atoms with Crippen LogP contribution < -0.4 is 10.5 Å². The molecule has 7 heteroatoms. The predicted octanol–water partition coefficient (Wildman–Crippen LogP) is 4.68. The molecule has 0 saturated heterocycles. The van der Waals surface area contributed by atoms with Crippen molar-refractivity contribution in [3.05, 3.63) is 60.5 Å². The molecule has 5 nitrogen and oxygen atoms in total. The molecular weight excluding hydrogens is 404 g/mol. The van der Waals surface area contributed by atoms with E-state index in [2.05, 4.69) is 31.9 Å². The zero-order valence-corrected chi connectivity index (χ0v) is 14.3. The number of nitrogens with zero attached hydrogens (tertiary/aromatic N) is 1. The molecule has 0 atom stereocenters. The summed E-state index contributed by atoms with van der Waals surface area (Å²) in [7, 11) is 0. The third kappa shape index (κ3) is 3.61. The Bertz CT molecular complexity index is 682. The summed E-state index contributed by atoms with van der Waals surface area (Å²) in [5.41, 5.74) is 7.69. The Kier molecular flexibility index (Phi) is 4.97. The third-order valence-corrected chi connectivity index (χ3v) is 4.13. The Labute approximate surface area is 138 Å². The number of rotatable bonds is 4. The largest absolute Gasteiger partial charge is 0.455 e. The Morgan fingerprint density at radius 1 is 1.24 bits per heavy atom. The molecule has 0 aromatic heterocycles. The fraction of sp³-hybridized carbons (Fsp3) is 0.143. The van der Waals surface area contributed by atoms with Gasteiger partial charge in [0.05, 0.1) is 13.9 Å². The molecule has 0 radical (unpaired) electrons. The summed E-state index contributed by atoms with van der Waals surface area (Å²) < 4.78 is 6.81. The van der Waals surface area contributed by atoms with E-state index in [4.69, 9.17) is 10.5 Å². The highest BCUT2D eigenvalue weighted by Gasteiger charge is 2.16. The van der Waals surface area contributed by atoms with Crippen molar-refractivity contribution in [3.8, 4) is 11.5 Å². The van der Waals surface area contributed by atoms with Crippen molar-refractivity contribution in [2.24, 2.45) is 5.73 Å². The summed E-state index contributed by atoms with van der Waals surface area (Å²) in [5, 5.41) is 10.8. The molecule has 0 saturated carbocycles. The first-order chi connectivity index (χ1) is 9.92. The van der Waals surface area contributed by atoms with Crippen LogP contribution in [0.4, 0.5) is 5.69 Å². The minimum absolute atomic E-state index is 0.0178. The maximum absolute atomic E-state index is 10.8. The van der Waals surface area contributed by atoms with Crippen molar-refractivity contribution in [1.29, 1.82) is 0 Å². The number of aryl methyl sites for hydroxylation is 1. The number of nitrogens with two attached hydrogens (primary N) is 1. The second kappa shape index (κ2) is 6.55. The summed E-state index contributed by atoms with van der Waals surface area (Å²) in [5.74, 6) is 1.13. The molecule has 0 aliphatic heterocycles. The van der Waals surface area contributed by atoms with Gasteiger partial charge in [-0.05, 0) is 62.0 Å². The lowest BCUT2D eigenvalue weighted by Gasteiger charge is -2.11. The van der Waals surface area contributed by atoms with E-state index in [9.17, 15) is 10.1 Å². The minimum atomic E-state index is -0.459. The van der Waals surface area contributed by atoms with Crippen LogP contribution in [0, 0.1) is 17.0 Å². The molecule has 0 bridgehead atoms. The lowest BCUT2D eigenvalue weighted by molar-refractivity contribution is -0.385. The van der Waals surface area contributed by atoms with Gasteiger partial charge in [-0.2, -0.15) is 0 Å². The number of hydrogen-bond donors (Lipinski definition) is 1. The van der Waals surface area contributed by atoms with Gasteiger partial charge in [0.2, 0.25) is 0 Å². The maximum atomic E-state index is 10.8. The van der Waals surface area contributed by atoms with Gasteiger partial charge >= 0.3 is 0 Å². The van der Waals surface area contributed by atoms with Crippen molar-refractivity contribution >= 4 is 37.5 Å². The molecule has 2 aromatic carbocycles. The van der Waals surface area contributed by atoms with Crippen LogP contribution in [0.1, 0.15) is 11.1 Å². The van der Waals surface area contributed by atoms with Gasteiger partial charge in [-0.3, -0.25) is 10.1 Å². The first-order valence-corrected chi connectivity index (χ1v) is 7.62. The van der Waals surface area contributed by atoms with Crippen LogP contribution in [0.25, 0.3) is 0 Å². The van der Waals surface area contributed by atoms with Crippen LogP contribution in [0.15, 0.2) is 39.3 Å². The monoisotopic (exact) mass is 414 g/mol. The Balaban J connectivity index is 2.35. The summed E-state index contributed by atoms with van der Waals surface area (Å²) in [4.78, 5) is 10.3. The van der Waals surface area contributed by atoms with Crippen LogP contribution in [-0.4, -0.2) is 4.92 Å². The molecule has 0 unspecified atom stereocenters. The lowest BCUT2D eigenvalue weighted by atomic mass is 10.1. The summed E-state index contributed by atoms with van der Waals surface area (Å²) in [6, 6.07) is 8.40. The average Bonchev–Trinajstić information content (AvgIpc) is 2.42. The van der Waals surface area contributed by atoms with E-state index < -0.39 is 4.92 Å². The molecule has 21 heavy (non-hydrogen) atoms. The summed E-state index contributed by atoms with van der Waals surface area (Å²) in [6.07, 6.45) is 0. The number of ether oxygens (including phenoxy) is 1. The van der Waals surface area contributed by atoms with Gasteiger partial charge in [0.25, 0.3) is 5.69 Å². The van der Waals surface area contributed by atoms with Gasteiger partial charge in [-0.15, -0.1) is 0 Å². The van der Waals surface area contributed by atoms with Gasteiger partial charge in [0.15, 0.2) is 5.75 Å². The van der Waals surface area contributed by atoms with E-state index in [0.29, 0.717) is 27.0 Å². The molecule has 0 amide bonds. The number of non-ortho nitro benzene ring substituents is 1. The lowest BCUT2D eigenvalue weighted by Crippen LogP contribution is -1.99. The topological polar surface area (TPSA) is 78.4 Å². The number of halogens is 2. The highest BCUT2D eigenvalue weighted by atomic mass is 79.9. The van der Waals surface area contributed by atoms with Crippen molar-refractivity contribution in [2.45, 2.75) is 13.5 Å². The summed E-state index contributed by atoms with van der Waals surface area (Å²) in [6.45, 7) is 2.42. The standard InChI is InChI=1S/C14H12Br2N2O3/c1-8-4-11(3-2-9(8)7-17)21-14-12(15)5-10(18(19)20)6-13(14)16/h2-6H,7,17H2,1H3. The average molecular weight is 416 g/mol. The van der Waals surface area contributed by atoms with Gasteiger partial charge in [0.1, 0.15) is 5.75 Å². The Morgan fingerprint density at radius 2 is 1.86 bits per heavy atom. The third-order valence-electron chi connectivity index (χ3n) is 2.95. The molecule has 0 aliphatic rings. The molecule has 2 aromatic rings. The van der Waals surface area contributed by atoms with Gasteiger partial charge in [-0.1, -0.05) is 6.07 Å². The second-order valence-corrected chi connectivity index (χ2v) is 6.10. The fourth-order valence-electron chi connectivity index (χ4n) is 1.83. The molecule has 0 spiro atoms. The van der Waals surface area contributed by atoms with Crippen molar-refractivity contribution in [3.63, 3.8) is 0 Å². The molecular formula is C14H12Br2N2O3. The van der Waals surface area contributed by atoms with Crippen LogP contribution in [0.3, 0.4) is 0 Å². The Hall–Kier alpha value is -1.44. The number of nitro benzene ring substituents is 1. The van der Waals surface area contributed by atoms with E-state index in [1.807, 2.05) is 25.1 Å². The number of benzene rings is 2. The highest BCUT2D eigenvalue weighted by molar-refractivity contribution is 9.11. The van der Waals surface area contributed by atoms with Crippen molar-refractivity contribution in [2.75, 3.05) is 0 Å². The SMILES string of the molecule is Cc1cc(Oc2c(Br)cc([N+](=O)[O-])cc2Br)ccc1CN. The van der Waals surface area contributed by atoms with Gasteiger partial charge in [-0.25, -0.2) is 0 Å². The summed E-state index contributed by atoms with van der Waals surface area (Å²) >= 11 is 6.58. The normalized spacial score (nSPS) is 10.5. The van der Waals surface area contributed by atoms with E-state index in [1.165, 1.54) is 12.1 Å². The van der Waals surface area contributed by atoms with Crippen LogP contribution >= 0.6 is 31.9 Å². The minimum Gasteiger partial charge on any atom is -0.455 e. The smallest absolute Gasteiger partial charge is 0.271 e. The maximum Gasteiger partial charge on any atom is 0.271 e. The molecule has 0 heterocycles. The molecule has 2 N–H and O–H groups in total. The van der Waals surface area contributed by atoms with E-state index in [1.54, 1.807) is 0 Å².